The van der Waals surface area contributed by atoms with Crippen LogP contribution in [0.5, 0.6) is 0 Å². The van der Waals surface area contributed by atoms with Crippen LogP contribution in [0.2, 0.25) is 0 Å². The van der Waals surface area contributed by atoms with Crippen molar-refractivity contribution in [2.24, 2.45) is 0 Å². The average molecular weight is 373 g/mol. The minimum atomic E-state index is 0.505. The predicted molar refractivity (Wildman–Crippen MR) is 85.6 cm³/mol. The second-order valence-electron chi connectivity index (χ2n) is 5.02. The van der Waals surface area contributed by atoms with Crippen LogP contribution in [-0.4, -0.2) is 34.6 Å². The van der Waals surface area contributed by atoms with E-state index in [-0.39, 0.29) is 0 Å². The molecular weight excluding hydrogens is 357 g/mol. The van der Waals surface area contributed by atoms with Crippen molar-refractivity contribution in [3.05, 3.63) is 26.5 Å². The van der Waals surface area contributed by atoms with Gasteiger partial charge in [0.25, 0.3) is 0 Å². The quantitative estimate of drug-likeness (QED) is 0.611. The number of benzene rings is 1. The van der Waals surface area contributed by atoms with Gasteiger partial charge in [0.2, 0.25) is 0 Å². The van der Waals surface area contributed by atoms with E-state index in [0.29, 0.717) is 6.04 Å². The standard InChI is InChI=1S/C13H16IN3S/c1-16-6-2-3-10(8-16)17-12-5-4-9(14)7-11(12)15-13(17)18/h4-5,7,10H,2-3,6,8H2,1H3,(H,15,18). The highest BCUT2D eigenvalue weighted by molar-refractivity contribution is 14.1. The Balaban J connectivity index is 2.10. The van der Waals surface area contributed by atoms with E-state index in [1.54, 1.807) is 0 Å². The molecule has 1 unspecified atom stereocenters. The van der Waals surface area contributed by atoms with Gasteiger partial charge in [-0.05, 0) is 79.4 Å². The molecule has 1 N–H and O–H groups in total. The van der Waals surface area contributed by atoms with E-state index >= 15 is 0 Å². The third-order valence-electron chi connectivity index (χ3n) is 3.64. The fourth-order valence-corrected chi connectivity index (χ4v) is 3.66. The van der Waals surface area contributed by atoms with Gasteiger partial charge in [-0.1, -0.05) is 0 Å². The molecule has 5 heteroatoms. The Hall–Kier alpha value is -0.400. The molecule has 2 aromatic rings. The summed E-state index contributed by atoms with van der Waals surface area (Å²) in [5.74, 6) is 0. The highest BCUT2D eigenvalue weighted by Crippen LogP contribution is 2.26. The highest BCUT2D eigenvalue weighted by atomic mass is 127. The number of likely N-dealkylation sites (N-methyl/N-ethyl adjacent to an activating group) is 1. The number of nitrogens with zero attached hydrogens (tertiary/aromatic N) is 2. The number of likely N-dealkylation sites (tertiary alicyclic amines) is 1. The molecule has 0 spiro atoms. The van der Waals surface area contributed by atoms with E-state index in [9.17, 15) is 0 Å². The SMILES string of the molecule is CN1CCCC(n2c(=S)[nH]c3cc(I)ccc32)C1. The van der Waals surface area contributed by atoms with Gasteiger partial charge in [-0.2, -0.15) is 0 Å². The molecule has 96 valence electrons. The molecule has 1 aromatic carbocycles. The number of fused-ring (bicyclic) bond motifs is 1. The molecule has 1 aliphatic rings. The Labute approximate surface area is 125 Å². The first kappa shape index (κ1) is 12.6. The molecule has 1 aromatic heterocycles. The Morgan fingerprint density at radius 2 is 2.28 bits per heavy atom. The lowest BCUT2D eigenvalue weighted by Gasteiger charge is -2.30. The molecule has 0 bridgehead atoms. The van der Waals surface area contributed by atoms with Gasteiger partial charge in [0.1, 0.15) is 0 Å². The zero-order chi connectivity index (χ0) is 12.7. The summed E-state index contributed by atoms with van der Waals surface area (Å²) in [6.07, 6.45) is 2.47. The minimum absolute atomic E-state index is 0.505. The fourth-order valence-electron chi connectivity index (χ4n) is 2.82. The van der Waals surface area contributed by atoms with Crippen LogP contribution in [0.4, 0.5) is 0 Å². The first-order chi connectivity index (χ1) is 8.65. The molecule has 1 aliphatic heterocycles. The van der Waals surface area contributed by atoms with Gasteiger partial charge in [0.15, 0.2) is 4.77 Å². The summed E-state index contributed by atoms with van der Waals surface area (Å²) in [7, 11) is 2.19. The molecule has 1 saturated heterocycles. The third-order valence-corrected chi connectivity index (χ3v) is 4.61. The van der Waals surface area contributed by atoms with Gasteiger partial charge in [-0.3, -0.25) is 0 Å². The number of aromatic nitrogens is 2. The highest BCUT2D eigenvalue weighted by Gasteiger charge is 2.21. The van der Waals surface area contributed by atoms with E-state index in [1.165, 1.54) is 28.5 Å². The largest absolute Gasteiger partial charge is 0.331 e. The van der Waals surface area contributed by atoms with Crippen LogP contribution < -0.4 is 0 Å². The number of piperidine rings is 1. The second-order valence-corrected chi connectivity index (χ2v) is 6.65. The van der Waals surface area contributed by atoms with Crippen LogP contribution >= 0.6 is 34.8 Å². The van der Waals surface area contributed by atoms with Crippen LogP contribution in [0.1, 0.15) is 18.9 Å². The van der Waals surface area contributed by atoms with E-state index in [2.05, 4.69) is 62.3 Å². The summed E-state index contributed by atoms with van der Waals surface area (Å²) < 4.78 is 4.40. The summed E-state index contributed by atoms with van der Waals surface area (Å²) in [6.45, 7) is 2.29. The topological polar surface area (TPSA) is 24.0 Å². The lowest BCUT2D eigenvalue weighted by atomic mass is 10.1. The van der Waals surface area contributed by atoms with Gasteiger partial charge in [0.05, 0.1) is 11.0 Å². The number of imidazole rings is 1. The molecule has 3 nitrogen and oxygen atoms in total. The van der Waals surface area contributed by atoms with Crippen LogP contribution in [0, 0.1) is 8.34 Å². The fraction of sp³-hybridized carbons (Fsp3) is 0.462. The van der Waals surface area contributed by atoms with E-state index in [4.69, 9.17) is 12.2 Å². The summed E-state index contributed by atoms with van der Waals surface area (Å²) in [5.41, 5.74) is 2.39. The number of halogens is 1. The number of aromatic amines is 1. The molecule has 1 atom stereocenters. The monoisotopic (exact) mass is 373 g/mol. The summed E-state index contributed by atoms with van der Waals surface area (Å²) in [4.78, 5) is 5.72. The predicted octanol–water partition coefficient (Wildman–Crippen LogP) is 3.57. The third kappa shape index (κ3) is 2.23. The molecule has 1 fully saturated rings. The number of nitrogens with one attached hydrogen (secondary N) is 1. The zero-order valence-corrected chi connectivity index (χ0v) is 13.3. The van der Waals surface area contributed by atoms with E-state index < -0.39 is 0 Å². The van der Waals surface area contributed by atoms with Crippen molar-refractivity contribution in [1.82, 2.24) is 14.5 Å². The summed E-state index contributed by atoms with van der Waals surface area (Å²) in [6, 6.07) is 6.99. The van der Waals surface area contributed by atoms with Gasteiger partial charge in [-0.15, -0.1) is 0 Å². The molecule has 18 heavy (non-hydrogen) atoms. The smallest absolute Gasteiger partial charge is 0.178 e. The van der Waals surface area contributed by atoms with Gasteiger partial charge in [-0.25, -0.2) is 0 Å². The van der Waals surface area contributed by atoms with E-state index in [1.807, 2.05) is 0 Å². The maximum Gasteiger partial charge on any atom is 0.178 e. The van der Waals surface area contributed by atoms with Crippen LogP contribution in [0.3, 0.4) is 0 Å². The average Bonchev–Trinajstić information content (AvgIpc) is 2.64. The first-order valence-electron chi connectivity index (χ1n) is 6.23. The Bertz CT molecular complexity index is 631. The minimum Gasteiger partial charge on any atom is -0.331 e. The molecular formula is C13H16IN3S. The first-order valence-corrected chi connectivity index (χ1v) is 7.72. The van der Waals surface area contributed by atoms with Crippen LogP contribution in [0.15, 0.2) is 18.2 Å². The molecule has 0 amide bonds. The lowest BCUT2D eigenvalue weighted by molar-refractivity contribution is 0.214. The maximum absolute atomic E-state index is 5.50. The molecule has 0 radical (unpaired) electrons. The number of H-pyrrole nitrogens is 1. The van der Waals surface area contributed by atoms with Crippen molar-refractivity contribution in [1.29, 1.82) is 0 Å². The van der Waals surface area contributed by atoms with Crippen LogP contribution in [0.25, 0.3) is 11.0 Å². The zero-order valence-electron chi connectivity index (χ0n) is 10.3. The van der Waals surface area contributed by atoms with Gasteiger partial charge < -0.3 is 14.5 Å². The van der Waals surface area contributed by atoms with Crippen molar-refractivity contribution in [2.75, 3.05) is 20.1 Å². The normalized spacial score (nSPS) is 21.6. The van der Waals surface area contributed by atoms with Gasteiger partial charge >= 0.3 is 0 Å². The molecule has 2 heterocycles. The van der Waals surface area contributed by atoms with Crippen LogP contribution in [-0.2, 0) is 0 Å². The van der Waals surface area contributed by atoms with Crippen molar-refractivity contribution < 1.29 is 0 Å². The number of hydrogen-bond donors (Lipinski definition) is 1. The second kappa shape index (κ2) is 4.94. The van der Waals surface area contributed by atoms with Crippen molar-refractivity contribution in [3.8, 4) is 0 Å². The van der Waals surface area contributed by atoms with E-state index in [0.717, 1.165) is 16.8 Å². The molecule has 3 rings (SSSR count). The molecule has 0 saturated carbocycles. The maximum atomic E-state index is 5.50. The Kier molecular flexibility index (Phi) is 3.46. The summed E-state index contributed by atoms with van der Waals surface area (Å²) >= 11 is 7.84. The Morgan fingerprint density at radius 1 is 1.44 bits per heavy atom. The number of hydrogen-bond acceptors (Lipinski definition) is 2. The van der Waals surface area contributed by atoms with Crippen molar-refractivity contribution >= 4 is 45.8 Å². The van der Waals surface area contributed by atoms with Crippen molar-refractivity contribution in [2.45, 2.75) is 18.9 Å². The summed E-state index contributed by atoms with van der Waals surface area (Å²) in [5, 5.41) is 0. The number of rotatable bonds is 1. The molecule has 0 aliphatic carbocycles. The lowest BCUT2D eigenvalue weighted by Crippen LogP contribution is -2.33. The Morgan fingerprint density at radius 3 is 3.06 bits per heavy atom. The van der Waals surface area contributed by atoms with Crippen molar-refractivity contribution in [3.63, 3.8) is 0 Å². The van der Waals surface area contributed by atoms with Gasteiger partial charge in [0, 0.05) is 16.2 Å².